The molecule has 2 heteroatoms. The van der Waals surface area contributed by atoms with Gasteiger partial charge in [-0.15, -0.1) is 0 Å². The fourth-order valence-corrected chi connectivity index (χ4v) is 4.91. The van der Waals surface area contributed by atoms with Gasteiger partial charge in [0.2, 0.25) is 0 Å². The molecule has 1 rings (SSSR count). The predicted molar refractivity (Wildman–Crippen MR) is 142 cm³/mol. The third-order valence-electron chi connectivity index (χ3n) is 7.10. The Morgan fingerprint density at radius 1 is 0.531 bits per heavy atom. The molecule has 0 aliphatic carbocycles. The maximum Gasteiger partial charge on any atom is 0.256 e. The van der Waals surface area contributed by atoms with E-state index in [1.165, 1.54) is 154 Å². The minimum Gasteiger partial charge on any atom is -0.234 e. The van der Waals surface area contributed by atoms with Crippen LogP contribution in [0.4, 0.5) is 0 Å². The Bertz CT molecular complexity index is 505. The lowest BCUT2D eigenvalue weighted by Crippen LogP contribution is -2.37. The Morgan fingerprint density at radius 3 is 1.50 bits per heavy atom. The molecule has 0 spiro atoms. The molecule has 0 aliphatic heterocycles. The average molecular weight is 448 g/mol. The molecule has 0 fully saturated rings. The zero-order valence-corrected chi connectivity index (χ0v) is 22.5. The molecule has 0 bridgehead atoms. The van der Waals surface area contributed by atoms with Crippen molar-refractivity contribution in [1.82, 2.24) is 4.57 Å². The van der Waals surface area contributed by atoms with Crippen LogP contribution >= 0.6 is 0 Å². The highest BCUT2D eigenvalue weighted by Gasteiger charge is 2.16. The van der Waals surface area contributed by atoms with Gasteiger partial charge in [-0.1, -0.05) is 124 Å². The Balaban J connectivity index is 2.27. The molecule has 0 saturated carbocycles. The number of imidazole rings is 1. The van der Waals surface area contributed by atoms with E-state index >= 15 is 0 Å². The second-order valence-corrected chi connectivity index (χ2v) is 10.2. The van der Waals surface area contributed by atoms with E-state index in [4.69, 9.17) is 0 Å². The van der Waals surface area contributed by atoms with Crippen LogP contribution in [0.25, 0.3) is 0 Å². The van der Waals surface area contributed by atoms with Crippen molar-refractivity contribution in [3.8, 4) is 0 Å². The molecule has 1 aromatic rings. The van der Waals surface area contributed by atoms with Crippen molar-refractivity contribution < 1.29 is 4.57 Å². The van der Waals surface area contributed by atoms with Crippen LogP contribution in [0.2, 0.25) is 0 Å². The summed E-state index contributed by atoms with van der Waals surface area (Å²) in [7, 11) is 0. The molecule has 2 nitrogen and oxygen atoms in total. The SMILES string of the molecule is CCCCCCCCCCCCCn1cc[n+](CCCCC)c1CCCCCCCCC. The van der Waals surface area contributed by atoms with Crippen molar-refractivity contribution in [3.63, 3.8) is 0 Å². The predicted octanol–water partition coefficient (Wildman–Crippen LogP) is 9.57. The van der Waals surface area contributed by atoms with E-state index in [0.29, 0.717) is 0 Å². The lowest BCUT2D eigenvalue weighted by molar-refractivity contribution is -0.704. The van der Waals surface area contributed by atoms with E-state index in [0.717, 1.165) is 0 Å². The third-order valence-corrected chi connectivity index (χ3v) is 7.10. The summed E-state index contributed by atoms with van der Waals surface area (Å²) in [5, 5.41) is 0. The summed E-state index contributed by atoms with van der Waals surface area (Å²) in [6, 6.07) is 0. The molecule has 0 atom stereocenters. The lowest BCUT2D eigenvalue weighted by Gasteiger charge is -2.07. The maximum absolute atomic E-state index is 2.59. The Morgan fingerprint density at radius 2 is 0.969 bits per heavy atom. The first-order valence-corrected chi connectivity index (χ1v) is 14.9. The molecule has 188 valence electrons. The zero-order chi connectivity index (χ0) is 23.1. The molecule has 0 aliphatic rings. The summed E-state index contributed by atoms with van der Waals surface area (Å²) in [6.07, 6.45) is 35.5. The van der Waals surface area contributed by atoms with E-state index in [-0.39, 0.29) is 0 Å². The fourth-order valence-electron chi connectivity index (χ4n) is 4.91. The van der Waals surface area contributed by atoms with E-state index < -0.39 is 0 Å². The van der Waals surface area contributed by atoms with Crippen LogP contribution in [0.15, 0.2) is 12.4 Å². The maximum atomic E-state index is 2.59. The Hall–Kier alpha value is -0.790. The largest absolute Gasteiger partial charge is 0.256 e. The monoisotopic (exact) mass is 447 g/mol. The number of aromatic nitrogens is 2. The smallest absolute Gasteiger partial charge is 0.234 e. The summed E-state index contributed by atoms with van der Waals surface area (Å²) in [6.45, 7) is 9.36. The molecule has 1 aromatic heterocycles. The van der Waals surface area contributed by atoms with Crippen LogP contribution in [0.5, 0.6) is 0 Å². The lowest BCUT2D eigenvalue weighted by atomic mass is 10.1. The first-order valence-electron chi connectivity index (χ1n) is 14.9. The van der Waals surface area contributed by atoms with Gasteiger partial charge in [0.1, 0.15) is 12.4 Å². The molecule has 0 amide bonds. The van der Waals surface area contributed by atoms with Crippen molar-refractivity contribution in [2.45, 2.75) is 175 Å². The van der Waals surface area contributed by atoms with Gasteiger partial charge in [-0.2, -0.15) is 0 Å². The molecule has 0 saturated heterocycles. The van der Waals surface area contributed by atoms with Gasteiger partial charge in [-0.3, -0.25) is 0 Å². The summed E-state index contributed by atoms with van der Waals surface area (Å²) < 4.78 is 5.17. The highest BCUT2D eigenvalue weighted by Crippen LogP contribution is 2.13. The van der Waals surface area contributed by atoms with E-state index in [1.54, 1.807) is 5.82 Å². The van der Waals surface area contributed by atoms with Crippen molar-refractivity contribution in [3.05, 3.63) is 18.2 Å². The van der Waals surface area contributed by atoms with Crippen LogP contribution in [0, 0.1) is 0 Å². The molecule has 1 heterocycles. The number of rotatable bonds is 24. The molecular weight excluding hydrogens is 388 g/mol. The van der Waals surface area contributed by atoms with Crippen LogP contribution in [-0.4, -0.2) is 4.57 Å². The molecular formula is C30H59N2+. The summed E-state index contributed by atoms with van der Waals surface area (Å²) in [5.41, 5.74) is 0. The minimum atomic E-state index is 1.21. The van der Waals surface area contributed by atoms with Gasteiger partial charge in [0.05, 0.1) is 13.1 Å². The second kappa shape index (κ2) is 22.0. The summed E-state index contributed by atoms with van der Waals surface area (Å²) in [4.78, 5) is 0. The standard InChI is InChI=1S/C30H59N2/c1-4-7-10-12-14-15-16-17-19-21-24-27-32-29-28-31(26-23-9-6-3)30(32)25-22-20-18-13-11-8-5-2/h28-29H,4-27H2,1-3H3/q+1. The highest BCUT2D eigenvalue weighted by atomic mass is 15.1. The van der Waals surface area contributed by atoms with Crippen LogP contribution in [0.3, 0.4) is 0 Å². The molecule has 0 radical (unpaired) electrons. The molecule has 32 heavy (non-hydrogen) atoms. The minimum absolute atomic E-state index is 1.21. The van der Waals surface area contributed by atoms with Gasteiger partial charge in [-0.25, -0.2) is 9.13 Å². The Kier molecular flexibility index (Phi) is 20.1. The zero-order valence-electron chi connectivity index (χ0n) is 22.5. The fraction of sp³-hybridized carbons (Fsp3) is 0.900. The van der Waals surface area contributed by atoms with Crippen LogP contribution in [-0.2, 0) is 19.5 Å². The normalized spacial score (nSPS) is 11.5. The van der Waals surface area contributed by atoms with Crippen molar-refractivity contribution in [1.29, 1.82) is 0 Å². The number of unbranched alkanes of at least 4 members (excludes halogenated alkanes) is 18. The molecule has 0 unspecified atom stereocenters. The topological polar surface area (TPSA) is 8.81 Å². The van der Waals surface area contributed by atoms with Gasteiger partial charge < -0.3 is 0 Å². The van der Waals surface area contributed by atoms with Gasteiger partial charge in [0.15, 0.2) is 0 Å². The Labute approximate surface area is 202 Å². The van der Waals surface area contributed by atoms with Crippen LogP contribution < -0.4 is 4.57 Å². The van der Waals surface area contributed by atoms with Crippen LogP contribution in [0.1, 0.15) is 161 Å². The van der Waals surface area contributed by atoms with Gasteiger partial charge in [0, 0.05) is 6.42 Å². The van der Waals surface area contributed by atoms with Crippen molar-refractivity contribution >= 4 is 0 Å². The van der Waals surface area contributed by atoms with Crippen molar-refractivity contribution in [2.24, 2.45) is 0 Å². The van der Waals surface area contributed by atoms with Gasteiger partial charge in [0.25, 0.3) is 5.82 Å². The number of aryl methyl sites for hydroxylation is 2. The number of nitrogens with zero attached hydrogens (tertiary/aromatic N) is 2. The quantitative estimate of drug-likeness (QED) is 0.110. The first-order chi connectivity index (χ1) is 15.8. The third kappa shape index (κ3) is 15.1. The summed E-state index contributed by atoms with van der Waals surface area (Å²) >= 11 is 0. The summed E-state index contributed by atoms with van der Waals surface area (Å²) in [5.74, 6) is 1.60. The van der Waals surface area contributed by atoms with Gasteiger partial charge >= 0.3 is 0 Å². The molecule has 0 N–H and O–H groups in total. The van der Waals surface area contributed by atoms with E-state index in [1.807, 2.05) is 0 Å². The van der Waals surface area contributed by atoms with E-state index in [9.17, 15) is 0 Å². The van der Waals surface area contributed by atoms with Gasteiger partial charge in [-0.05, 0) is 32.1 Å². The number of hydrogen-bond acceptors (Lipinski definition) is 0. The number of hydrogen-bond donors (Lipinski definition) is 0. The first kappa shape index (κ1) is 29.2. The molecule has 0 aromatic carbocycles. The van der Waals surface area contributed by atoms with Crippen molar-refractivity contribution in [2.75, 3.05) is 0 Å². The highest BCUT2D eigenvalue weighted by molar-refractivity contribution is 4.84. The average Bonchev–Trinajstić information content (AvgIpc) is 3.18. The second-order valence-electron chi connectivity index (χ2n) is 10.2. The van der Waals surface area contributed by atoms with E-state index in [2.05, 4.69) is 42.3 Å².